The van der Waals surface area contributed by atoms with Crippen LogP contribution in [0.5, 0.6) is 0 Å². The lowest BCUT2D eigenvalue weighted by Gasteiger charge is -2.22. The molecule has 7 nitrogen and oxygen atoms in total. The standard InChI is InChI=1S/C14H27NO6Si/c1-12(2)13(16)20-9-6-8-15-14(17)21-10-7-11-22(5,18-3)19-4/h1,6-11H2,2-5H3,(H,15,17). The molecular weight excluding hydrogens is 306 g/mol. The third-order valence-corrected chi connectivity index (χ3v) is 6.03. The van der Waals surface area contributed by atoms with Gasteiger partial charge < -0.3 is 23.6 Å². The monoisotopic (exact) mass is 333 g/mol. The highest BCUT2D eigenvalue weighted by Crippen LogP contribution is 2.13. The molecule has 0 aliphatic heterocycles. The number of ether oxygens (including phenoxy) is 2. The summed E-state index contributed by atoms with van der Waals surface area (Å²) in [7, 11) is 1.16. The molecule has 0 aliphatic rings. The average Bonchev–Trinajstić information content (AvgIpc) is 2.50. The number of amides is 1. The molecule has 0 rings (SSSR count). The predicted octanol–water partition coefficient (Wildman–Crippen LogP) is 1.98. The van der Waals surface area contributed by atoms with Crippen LogP contribution in [-0.4, -0.2) is 54.6 Å². The van der Waals surface area contributed by atoms with Gasteiger partial charge in [-0.25, -0.2) is 9.59 Å². The molecule has 0 unspecified atom stereocenters. The number of carbonyl (C=O) groups excluding carboxylic acids is 2. The number of alkyl carbamates (subject to hydrolysis) is 1. The summed E-state index contributed by atoms with van der Waals surface area (Å²) in [5.41, 5.74) is 0.357. The van der Waals surface area contributed by atoms with Gasteiger partial charge in [0.05, 0.1) is 13.2 Å². The molecule has 0 aromatic carbocycles. The van der Waals surface area contributed by atoms with Crippen LogP contribution in [0.15, 0.2) is 12.2 Å². The SMILES string of the molecule is C=C(C)C(=O)OCCCNC(=O)OCCC[Si](C)(OC)OC. The van der Waals surface area contributed by atoms with Crippen molar-refractivity contribution in [2.24, 2.45) is 0 Å². The first kappa shape index (κ1) is 20.6. The van der Waals surface area contributed by atoms with E-state index in [9.17, 15) is 9.59 Å². The minimum absolute atomic E-state index is 0.234. The van der Waals surface area contributed by atoms with Gasteiger partial charge in [0, 0.05) is 26.3 Å². The van der Waals surface area contributed by atoms with E-state index in [1.807, 2.05) is 6.55 Å². The van der Waals surface area contributed by atoms with Gasteiger partial charge in [-0.3, -0.25) is 0 Å². The molecule has 0 aromatic heterocycles. The van der Waals surface area contributed by atoms with Crippen molar-refractivity contribution < 1.29 is 27.9 Å². The van der Waals surface area contributed by atoms with Crippen molar-refractivity contribution >= 4 is 20.6 Å². The van der Waals surface area contributed by atoms with Crippen LogP contribution in [0.1, 0.15) is 19.8 Å². The van der Waals surface area contributed by atoms with Crippen molar-refractivity contribution in [3.8, 4) is 0 Å². The van der Waals surface area contributed by atoms with E-state index in [0.717, 1.165) is 6.04 Å². The van der Waals surface area contributed by atoms with Crippen molar-refractivity contribution in [2.45, 2.75) is 32.4 Å². The van der Waals surface area contributed by atoms with Gasteiger partial charge in [0.25, 0.3) is 0 Å². The summed E-state index contributed by atoms with van der Waals surface area (Å²) >= 11 is 0. The third kappa shape index (κ3) is 9.53. The molecule has 0 aromatic rings. The van der Waals surface area contributed by atoms with Gasteiger partial charge in [0.15, 0.2) is 0 Å². The van der Waals surface area contributed by atoms with Crippen LogP contribution in [0.25, 0.3) is 0 Å². The number of carbonyl (C=O) groups is 2. The molecule has 1 N–H and O–H groups in total. The zero-order valence-corrected chi connectivity index (χ0v) is 14.9. The van der Waals surface area contributed by atoms with Gasteiger partial charge in [-0.2, -0.15) is 0 Å². The lowest BCUT2D eigenvalue weighted by molar-refractivity contribution is -0.138. The summed E-state index contributed by atoms with van der Waals surface area (Å²) in [6.45, 7) is 7.94. The lowest BCUT2D eigenvalue weighted by atomic mass is 10.3. The number of esters is 1. The van der Waals surface area contributed by atoms with Gasteiger partial charge in [0.2, 0.25) is 0 Å². The Morgan fingerprint density at radius 2 is 1.68 bits per heavy atom. The van der Waals surface area contributed by atoms with Crippen LogP contribution in [-0.2, 0) is 23.1 Å². The van der Waals surface area contributed by atoms with Crippen molar-refractivity contribution in [2.75, 3.05) is 34.0 Å². The summed E-state index contributed by atoms with van der Waals surface area (Å²) in [4.78, 5) is 22.5. The average molecular weight is 333 g/mol. The molecular formula is C14H27NO6Si. The molecule has 0 aliphatic carbocycles. The van der Waals surface area contributed by atoms with E-state index in [1.165, 1.54) is 0 Å². The summed E-state index contributed by atoms with van der Waals surface area (Å²) in [5, 5.41) is 2.59. The number of nitrogens with one attached hydrogen (secondary N) is 1. The predicted molar refractivity (Wildman–Crippen MR) is 84.8 cm³/mol. The van der Waals surface area contributed by atoms with E-state index in [1.54, 1.807) is 21.1 Å². The zero-order chi connectivity index (χ0) is 17.0. The number of rotatable bonds is 11. The molecule has 0 saturated carbocycles. The smallest absolute Gasteiger partial charge is 0.407 e. The van der Waals surface area contributed by atoms with E-state index >= 15 is 0 Å². The van der Waals surface area contributed by atoms with Crippen LogP contribution < -0.4 is 5.32 Å². The molecule has 8 heteroatoms. The topological polar surface area (TPSA) is 83.1 Å². The molecule has 0 spiro atoms. The van der Waals surface area contributed by atoms with E-state index < -0.39 is 20.6 Å². The van der Waals surface area contributed by atoms with Crippen LogP contribution >= 0.6 is 0 Å². The minimum Gasteiger partial charge on any atom is -0.462 e. The van der Waals surface area contributed by atoms with Gasteiger partial charge in [0.1, 0.15) is 0 Å². The second-order valence-corrected chi connectivity index (χ2v) is 8.56. The Morgan fingerprint density at radius 1 is 1.09 bits per heavy atom. The Labute approximate surface area is 133 Å². The van der Waals surface area contributed by atoms with Gasteiger partial charge in [-0.15, -0.1) is 0 Å². The van der Waals surface area contributed by atoms with Crippen molar-refractivity contribution in [1.82, 2.24) is 5.32 Å². The molecule has 22 heavy (non-hydrogen) atoms. The van der Waals surface area contributed by atoms with Gasteiger partial charge >= 0.3 is 20.6 Å². The molecule has 0 radical (unpaired) electrons. The Kier molecular flexibility index (Phi) is 10.5. The normalized spacial score (nSPS) is 10.9. The maximum atomic E-state index is 11.4. The highest BCUT2D eigenvalue weighted by molar-refractivity contribution is 6.65. The molecule has 0 saturated heterocycles. The first-order chi connectivity index (χ1) is 10.3. The second-order valence-electron chi connectivity index (χ2n) is 4.98. The highest BCUT2D eigenvalue weighted by atomic mass is 28.4. The maximum Gasteiger partial charge on any atom is 0.407 e. The van der Waals surface area contributed by atoms with Gasteiger partial charge in [-0.1, -0.05) is 6.58 Å². The first-order valence-electron chi connectivity index (χ1n) is 7.18. The van der Waals surface area contributed by atoms with Crippen LogP contribution in [0.2, 0.25) is 12.6 Å². The summed E-state index contributed by atoms with van der Waals surface area (Å²) in [6, 6.07) is 0.754. The Hall–Kier alpha value is -1.38. The lowest BCUT2D eigenvalue weighted by Crippen LogP contribution is -2.36. The first-order valence-corrected chi connectivity index (χ1v) is 9.70. The van der Waals surface area contributed by atoms with Crippen LogP contribution in [0.3, 0.4) is 0 Å². The van der Waals surface area contributed by atoms with E-state index in [4.69, 9.17) is 18.3 Å². The fraction of sp³-hybridized carbons (Fsp3) is 0.714. The summed E-state index contributed by atoms with van der Waals surface area (Å²) in [5.74, 6) is -0.425. The summed E-state index contributed by atoms with van der Waals surface area (Å²) < 4.78 is 20.6. The van der Waals surface area contributed by atoms with E-state index in [-0.39, 0.29) is 6.61 Å². The number of hydrogen-bond acceptors (Lipinski definition) is 6. The largest absolute Gasteiger partial charge is 0.462 e. The molecule has 0 bridgehead atoms. The van der Waals surface area contributed by atoms with E-state index in [2.05, 4.69) is 11.9 Å². The number of hydrogen-bond donors (Lipinski definition) is 1. The van der Waals surface area contributed by atoms with E-state index in [0.29, 0.717) is 31.6 Å². The fourth-order valence-electron chi connectivity index (χ4n) is 1.45. The Bertz CT molecular complexity index is 370. The van der Waals surface area contributed by atoms with Crippen molar-refractivity contribution in [3.63, 3.8) is 0 Å². The third-order valence-electron chi connectivity index (χ3n) is 3.04. The maximum absolute atomic E-state index is 11.4. The second kappa shape index (κ2) is 11.2. The Morgan fingerprint density at radius 3 is 2.23 bits per heavy atom. The Balaban J connectivity index is 3.59. The van der Waals surface area contributed by atoms with Crippen LogP contribution in [0.4, 0.5) is 4.79 Å². The molecule has 0 heterocycles. The van der Waals surface area contributed by atoms with Gasteiger partial charge in [-0.05, 0) is 32.4 Å². The molecule has 0 atom stereocenters. The quantitative estimate of drug-likeness (QED) is 0.269. The van der Waals surface area contributed by atoms with Crippen molar-refractivity contribution in [3.05, 3.63) is 12.2 Å². The zero-order valence-electron chi connectivity index (χ0n) is 13.9. The molecule has 128 valence electrons. The fourth-order valence-corrected chi connectivity index (χ4v) is 2.81. The molecule has 0 fully saturated rings. The van der Waals surface area contributed by atoms with Crippen molar-refractivity contribution in [1.29, 1.82) is 0 Å². The molecule has 1 amide bonds. The minimum atomic E-state index is -2.09. The van der Waals surface area contributed by atoms with Crippen LogP contribution in [0, 0.1) is 0 Å². The summed E-state index contributed by atoms with van der Waals surface area (Å²) in [6.07, 6.45) is 0.727. The highest BCUT2D eigenvalue weighted by Gasteiger charge is 2.27.